The van der Waals surface area contributed by atoms with Crippen LogP contribution in [0.5, 0.6) is 0 Å². The van der Waals surface area contributed by atoms with E-state index in [0.29, 0.717) is 6.04 Å². The third-order valence-electron chi connectivity index (χ3n) is 5.05. The molecular weight excluding hydrogens is 332 g/mol. The van der Waals surface area contributed by atoms with Crippen molar-refractivity contribution < 1.29 is 4.74 Å². The van der Waals surface area contributed by atoms with Crippen molar-refractivity contribution in [1.82, 2.24) is 15.5 Å². The van der Waals surface area contributed by atoms with Crippen molar-refractivity contribution in [2.45, 2.75) is 64.2 Å². The molecule has 1 fully saturated rings. The van der Waals surface area contributed by atoms with Gasteiger partial charge in [0.05, 0.1) is 0 Å². The van der Waals surface area contributed by atoms with E-state index < -0.39 is 0 Å². The quantitative estimate of drug-likeness (QED) is 0.431. The zero-order valence-corrected chi connectivity index (χ0v) is 17.9. The van der Waals surface area contributed by atoms with Crippen molar-refractivity contribution >= 4 is 17.7 Å². The van der Waals surface area contributed by atoms with Gasteiger partial charge in [-0.15, -0.1) is 0 Å². The standard InChI is InChI=1S/C19H40N4OS/c1-6-23(7-2)13-9-10-17(4)22-18(20-5)21-16-19(25-8-3)11-14-24-15-12-19/h17H,6-16H2,1-5H3,(H2,20,21,22). The first kappa shape index (κ1) is 22.6. The number of ether oxygens (including phenoxy) is 1. The van der Waals surface area contributed by atoms with Gasteiger partial charge in [0.1, 0.15) is 0 Å². The highest BCUT2D eigenvalue weighted by atomic mass is 32.2. The van der Waals surface area contributed by atoms with Crippen LogP contribution in [0.4, 0.5) is 0 Å². The Labute approximate surface area is 159 Å². The number of hydrogen-bond acceptors (Lipinski definition) is 4. The van der Waals surface area contributed by atoms with E-state index in [2.05, 4.69) is 60.0 Å². The summed E-state index contributed by atoms with van der Waals surface area (Å²) in [7, 11) is 1.86. The topological polar surface area (TPSA) is 48.9 Å². The number of rotatable bonds is 11. The highest BCUT2D eigenvalue weighted by molar-refractivity contribution is 8.00. The summed E-state index contributed by atoms with van der Waals surface area (Å²) in [5.74, 6) is 2.08. The monoisotopic (exact) mass is 372 g/mol. The Balaban J connectivity index is 2.37. The molecule has 1 heterocycles. The van der Waals surface area contributed by atoms with Crippen LogP contribution in [-0.4, -0.2) is 73.8 Å². The molecule has 6 heteroatoms. The highest BCUT2D eigenvalue weighted by Crippen LogP contribution is 2.34. The molecule has 1 atom stereocenters. The summed E-state index contributed by atoms with van der Waals surface area (Å²) in [6, 6.07) is 0.436. The number of nitrogens with one attached hydrogen (secondary N) is 2. The van der Waals surface area contributed by atoms with Crippen molar-refractivity contribution in [3.05, 3.63) is 0 Å². The maximum Gasteiger partial charge on any atom is 0.191 e. The average molecular weight is 373 g/mol. The molecule has 1 unspecified atom stereocenters. The molecule has 25 heavy (non-hydrogen) atoms. The lowest BCUT2D eigenvalue weighted by Crippen LogP contribution is -2.49. The van der Waals surface area contributed by atoms with Crippen LogP contribution in [-0.2, 0) is 4.74 Å². The van der Waals surface area contributed by atoms with Crippen LogP contribution in [0, 0.1) is 0 Å². The highest BCUT2D eigenvalue weighted by Gasteiger charge is 2.32. The minimum atomic E-state index is 0.288. The summed E-state index contributed by atoms with van der Waals surface area (Å²) in [6.07, 6.45) is 4.63. The summed E-state index contributed by atoms with van der Waals surface area (Å²) >= 11 is 2.06. The normalized spacial score (nSPS) is 19.0. The molecule has 1 rings (SSSR count). The second-order valence-corrected chi connectivity index (χ2v) is 8.60. The minimum absolute atomic E-state index is 0.288. The molecule has 1 aliphatic heterocycles. The van der Waals surface area contributed by atoms with E-state index in [9.17, 15) is 0 Å². The fourth-order valence-corrected chi connectivity index (χ4v) is 4.57. The molecule has 0 amide bonds. The third kappa shape index (κ3) is 8.65. The van der Waals surface area contributed by atoms with Gasteiger partial charge in [0.2, 0.25) is 0 Å². The largest absolute Gasteiger partial charge is 0.381 e. The maximum atomic E-state index is 5.56. The lowest BCUT2D eigenvalue weighted by atomic mass is 9.99. The molecule has 1 saturated heterocycles. The van der Waals surface area contributed by atoms with Gasteiger partial charge in [-0.05, 0) is 58.0 Å². The number of aliphatic imine (C=N–C) groups is 1. The van der Waals surface area contributed by atoms with Crippen molar-refractivity contribution in [2.24, 2.45) is 4.99 Å². The van der Waals surface area contributed by atoms with Crippen molar-refractivity contribution in [3.63, 3.8) is 0 Å². The fraction of sp³-hybridized carbons (Fsp3) is 0.947. The second-order valence-electron chi connectivity index (χ2n) is 6.87. The SMILES string of the molecule is CCSC1(CNC(=NC)NC(C)CCCN(CC)CC)CCOCC1. The van der Waals surface area contributed by atoms with Gasteiger partial charge in [0.25, 0.3) is 0 Å². The van der Waals surface area contributed by atoms with Gasteiger partial charge < -0.3 is 20.3 Å². The van der Waals surface area contributed by atoms with Gasteiger partial charge in [-0.2, -0.15) is 11.8 Å². The van der Waals surface area contributed by atoms with E-state index in [1.165, 1.54) is 19.4 Å². The van der Waals surface area contributed by atoms with Crippen LogP contribution in [0.3, 0.4) is 0 Å². The molecule has 0 aromatic heterocycles. The fourth-order valence-electron chi connectivity index (χ4n) is 3.33. The lowest BCUT2D eigenvalue weighted by molar-refractivity contribution is 0.0782. The lowest BCUT2D eigenvalue weighted by Gasteiger charge is -2.37. The zero-order valence-electron chi connectivity index (χ0n) is 17.1. The van der Waals surface area contributed by atoms with Gasteiger partial charge in [-0.1, -0.05) is 20.8 Å². The number of hydrogen-bond donors (Lipinski definition) is 2. The van der Waals surface area contributed by atoms with Crippen LogP contribution in [0.25, 0.3) is 0 Å². The first-order chi connectivity index (χ1) is 12.1. The summed E-state index contributed by atoms with van der Waals surface area (Å²) in [5, 5.41) is 7.12. The predicted molar refractivity (Wildman–Crippen MR) is 112 cm³/mol. The van der Waals surface area contributed by atoms with E-state index in [0.717, 1.165) is 57.4 Å². The molecule has 148 valence electrons. The van der Waals surface area contributed by atoms with Crippen LogP contribution in [0.1, 0.15) is 53.4 Å². The minimum Gasteiger partial charge on any atom is -0.381 e. The van der Waals surface area contributed by atoms with Crippen LogP contribution in [0.15, 0.2) is 4.99 Å². The van der Waals surface area contributed by atoms with Gasteiger partial charge in [-0.3, -0.25) is 4.99 Å². The van der Waals surface area contributed by atoms with E-state index in [4.69, 9.17) is 4.74 Å². The molecule has 0 aliphatic carbocycles. The molecule has 5 nitrogen and oxygen atoms in total. The summed E-state index contributed by atoms with van der Waals surface area (Å²) in [4.78, 5) is 6.91. The first-order valence-corrected chi connectivity index (χ1v) is 11.0. The number of thioether (sulfide) groups is 1. The van der Waals surface area contributed by atoms with E-state index >= 15 is 0 Å². The molecule has 0 saturated carbocycles. The van der Waals surface area contributed by atoms with E-state index in [1.54, 1.807) is 0 Å². The van der Waals surface area contributed by atoms with Gasteiger partial charge >= 0.3 is 0 Å². The van der Waals surface area contributed by atoms with E-state index in [-0.39, 0.29) is 4.75 Å². The molecular formula is C19H40N4OS. The summed E-state index contributed by atoms with van der Waals surface area (Å²) in [5.41, 5.74) is 0. The summed E-state index contributed by atoms with van der Waals surface area (Å²) in [6.45, 7) is 15.1. The molecule has 0 radical (unpaired) electrons. The smallest absolute Gasteiger partial charge is 0.191 e. The molecule has 2 N–H and O–H groups in total. The van der Waals surface area contributed by atoms with Crippen LogP contribution >= 0.6 is 11.8 Å². The Morgan fingerprint density at radius 1 is 1.24 bits per heavy atom. The van der Waals surface area contributed by atoms with Gasteiger partial charge in [0.15, 0.2) is 5.96 Å². The second kappa shape index (κ2) is 12.8. The Kier molecular flexibility index (Phi) is 11.6. The third-order valence-corrected chi connectivity index (χ3v) is 6.50. The van der Waals surface area contributed by atoms with Crippen LogP contribution < -0.4 is 10.6 Å². The maximum absolute atomic E-state index is 5.56. The molecule has 0 aromatic carbocycles. The molecule has 0 spiro atoms. The Morgan fingerprint density at radius 3 is 2.48 bits per heavy atom. The zero-order chi connectivity index (χ0) is 18.5. The Bertz CT molecular complexity index is 363. The van der Waals surface area contributed by atoms with Crippen LogP contribution in [0.2, 0.25) is 0 Å². The van der Waals surface area contributed by atoms with Crippen molar-refractivity contribution in [2.75, 3.05) is 52.2 Å². The number of guanidine groups is 1. The Morgan fingerprint density at radius 2 is 1.92 bits per heavy atom. The first-order valence-electron chi connectivity index (χ1n) is 10.00. The van der Waals surface area contributed by atoms with Crippen molar-refractivity contribution in [3.8, 4) is 0 Å². The summed E-state index contributed by atoms with van der Waals surface area (Å²) < 4.78 is 5.85. The molecule has 0 aromatic rings. The average Bonchev–Trinajstić information content (AvgIpc) is 2.63. The molecule has 1 aliphatic rings. The van der Waals surface area contributed by atoms with E-state index in [1.807, 2.05) is 7.05 Å². The number of nitrogens with zero attached hydrogens (tertiary/aromatic N) is 2. The van der Waals surface area contributed by atoms with Gasteiger partial charge in [-0.25, -0.2) is 0 Å². The van der Waals surface area contributed by atoms with Gasteiger partial charge in [0, 0.05) is 37.6 Å². The van der Waals surface area contributed by atoms with Crippen molar-refractivity contribution in [1.29, 1.82) is 0 Å². The predicted octanol–water partition coefficient (Wildman–Crippen LogP) is 2.96. The Hall–Kier alpha value is -0.460. The molecule has 0 bridgehead atoms.